The second-order valence-corrected chi connectivity index (χ2v) is 5.93. The van der Waals surface area contributed by atoms with Gasteiger partial charge in [0, 0.05) is 35.8 Å². The number of benzene rings is 2. The van der Waals surface area contributed by atoms with Gasteiger partial charge in [0.05, 0.1) is 18.5 Å². The van der Waals surface area contributed by atoms with Crippen LogP contribution in [0.15, 0.2) is 48.7 Å². The molecule has 3 rings (SSSR count). The van der Waals surface area contributed by atoms with Gasteiger partial charge < -0.3 is 15.0 Å². The van der Waals surface area contributed by atoms with Crippen molar-refractivity contribution in [3.8, 4) is 5.75 Å². The van der Waals surface area contributed by atoms with Crippen LogP contribution in [0.25, 0.3) is 10.9 Å². The maximum atomic E-state index is 12.1. The van der Waals surface area contributed by atoms with Gasteiger partial charge in [-0.2, -0.15) is 0 Å². The van der Waals surface area contributed by atoms with Crippen LogP contribution in [0, 0.1) is 10.1 Å². The van der Waals surface area contributed by atoms with Gasteiger partial charge in [-0.3, -0.25) is 14.9 Å². The highest BCUT2D eigenvalue weighted by atomic mass is 16.6. The Morgan fingerprint density at radius 3 is 2.69 bits per heavy atom. The number of carbonyl (C=O) groups excluding carboxylic acids is 1. The van der Waals surface area contributed by atoms with Crippen molar-refractivity contribution in [3.05, 3.63) is 69.9 Å². The van der Waals surface area contributed by atoms with E-state index in [-0.39, 0.29) is 18.0 Å². The van der Waals surface area contributed by atoms with Crippen molar-refractivity contribution in [2.45, 2.75) is 12.8 Å². The number of nitrogens with one attached hydrogen (secondary N) is 2. The minimum Gasteiger partial charge on any atom is -0.497 e. The van der Waals surface area contributed by atoms with Gasteiger partial charge in [0.15, 0.2) is 0 Å². The molecule has 3 aromatic rings. The Balaban J connectivity index is 1.54. The number of rotatable bonds is 7. The number of hydrogen-bond donors (Lipinski definition) is 2. The molecule has 1 heterocycles. The van der Waals surface area contributed by atoms with Gasteiger partial charge in [0.1, 0.15) is 5.75 Å². The predicted octanol–water partition coefficient (Wildman–Crippen LogP) is 2.99. The number of nitro benzene ring substituents is 1. The second-order valence-electron chi connectivity index (χ2n) is 5.93. The number of ether oxygens (including phenoxy) is 1. The Morgan fingerprint density at radius 2 is 2.00 bits per heavy atom. The molecule has 0 unspecified atom stereocenters. The molecule has 2 N–H and O–H groups in total. The van der Waals surface area contributed by atoms with E-state index in [9.17, 15) is 14.9 Å². The van der Waals surface area contributed by atoms with Crippen LogP contribution >= 0.6 is 0 Å². The molecular weight excluding hydrogens is 334 g/mol. The van der Waals surface area contributed by atoms with Crippen LogP contribution < -0.4 is 10.1 Å². The van der Waals surface area contributed by atoms with E-state index in [0.717, 1.165) is 27.8 Å². The number of carbonyl (C=O) groups is 1. The fourth-order valence-corrected chi connectivity index (χ4v) is 2.81. The standard InChI is InChI=1S/C19H19N3O4/c1-26-16-6-7-18-17(11-16)14(12-21-18)8-9-20-19(23)10-13-2-4-15(5-3-13)22(24)25/h2-7,11-12,21H,8-10H2,1H3,(H,20,23). The Hall–Kier alpha value is -3.35. The van der Waals surface area contributed by atoms with Gasteiger partial charge in [0.25, 0.3) is 5.69 Å². The molecule has 0 aliphatic rings. The molecule has 7 heteroatoms. The topological polar surface area (TPSA) is 97.3 Å². The first-order valence-corrected chi connectivity index (χ1v) is 8.21. The highest BCUT2D eigenvalue weighted by Gasteiger charge is 2.09. The van der Waals surface area contributed by atoms with Gasteiger partial charge in [-0.05, 0) is 35.7 Å². The number of amides is 1. The van der Waals surface area contributed by atoms with Gasteiger partial charge in [0.2, 0.25) is 5.91 Å². The van der Waals surface area contributed by atoms with Crippen LogP contribution in [-0.2, 0) is 17.6 Å². The zero-order valence-electron chi connectivity index (χ0n) is 14.3. The zero-order chi connectivity index (χ0) is 18.5. The Morgan fingerprint density at radius 1 is 1.23 bits per heavy atom. The first-order chi connectivity index (χ1) is 12.6. The molecule has 0 saturated carbocycles. The highest BCUT2D eigenvalue weighted by Crippen LogP contribution is 2.23. The molecule has 0 saturated heterocycles. The molecular formula is C19H19N3O4. The summed E-state index contributed by atoms with van der Waals surface area (Å²) >= 11 is 0. The average Bonchev–Trinajstić information content (AvgIpc) is 3.04. The lowest BCUT2D eigenvalue weighted by atomic mass is 10.1. The quantitative estimate of drug-likeness (QED) is 0.504. The van der Waals surface area contributed by atoms with Crippen molar-refractivity contribution in [2.24, 2.45) is 0 Å². The maximum absolute atomic E-state index is 12.1. The number of H-pyrrole nitrogens is 1. The van der Waals surface area contributed by atoms with Crippen LogP contribution in [0.5, 0.6) is 5.75 Å². The molecule has 134 valence electrons. The van der Waals surface area contributed by atoms with E-state index < -0.39 is 4.92 Å². The van der Waals surface area contributed by atoms with Gasteiger partial charge in [-0.15, -0.1) is 0 Å². The summed E-state index contributed by atoms with van der Waals surface area (Å²) in [5, 5.41) is 14.6. The van der Waals surface area contributed by atoms with E-state index in [0.29, 0.717) is 13.0 Å². The summed E-state index contributed by atoms with van der Waals surface area (Å²) in [6, 6.07) is 11.8. The Bertz CT molecular complexity index is 932. The average molecular weight is 353 g/mol. The largest absolute Gasteiger partial charge is 0.497 e. The third-order valence-corrected chi connectivity index (χ3v) is 4.20. The van der Waals surface area contributed by atoms with Gasteiger partial charge >= 0.3 is 0 Å². The first-order valence-electron chi connectivity index (χ1n) is 8.21. The molecule has 0 atom stereocenters. The van der Waals surface area contributed by atoms with Crippen molar-refractivity contribution in [3.63, 3.8) is 0 Å². The molecule has 0 fully saturated rings. The van der Waals surface area contributed by atoms with E-state index in [4.69, 9.17) is 4.74 Å². The number of nitrogens with zero attached hydrogens (tertiary/aromatic N) is 1. The number of hydrogen-bond acceptors (Lipinski definition) is 4. The minimum absolute atomic E-state index is 0.0175. The molecule has 0 spiro atoms. The summed E-state index contributed by atoms with van der Waals surface area (Å²) in [5.41, 5.74) is 2.89. The molecule has 0 aliphatic heterocycles. The SMILES string of the molecule is COc1ccc2[nH]cc(CCNC(=O)Cc3ccc([N+](=O)[O-])cc3)c2c1. The summed E-state index contributed by atoms with van der Waals surface area (Å²) < 4.78 is 5.25. The number of non-ortho nitro benzene ring substituents is 1. The third-order valence-electron chi connectivity index (χ3n) is 4.20. The van der Waals surface area contributed by atoms with Crippen LogP contribution in [0.4, 0.5) is 5.69 Å². The second kappa shape index (κ2) is 7.69. The number of aromatic amines is 1. The number of aromatic nitrogens is 1. The Kier molecular flexibility index (Phi) is 5.17. The van der Waals surface area contributed by atoms with E-state index in [1.54, 1.807) is 19.2 Å². The smallest absolute Gasteiger partial charge is 0.269 e. The van der Waals surface area contributed by atoms with E-state index in [2.05, 4.69) is 10.3 Å². The zero-order valence-corrected chi connectivity index (χ0v) is 14.3. The van der Waals surface area contributed by atoms with Crippen molar-refractivity contribution in [1.29, 1.82) is 0 Å². The van der Waals surface area contributed by atoms with E-state index >= 15 is 0 Å². The highest BCUT2D eigenvalue weighted by molar-refractivity contribution is 5.84. The normalized spacial score (nSPS) is 10.7. The lowest BCUT2D eigenvalue weighted by molar-refractivity contribution is -0.384. The van der Waals surface area contributed by atoms with Crippen molar-refractivity contribution in [2.75, 3.05) is 13.7 Å². The fraction of sp³-hybridized carbons (Fsp3) is 0.211. The van der Waals surface area contributed by atoms with Crippen molar-refractivity contribution < 1.29 is 14.5 Å². The summed E-state index contributed by atoms with van der Waals surface area (Å²) in [6.07, 6.45) is 2.82. The molecule has 1 aromatic heterocycles. The maximum Gasteiger partial charge on any atom is 0.269 e. The molecule has 2 aromatic carbocycles. The molecule has 0 aliphatic carbocycles. The van der Waals surface area contributed by atoms with Gasteiger partial charge in [-0.1, -0.05) is 12.1 Å². The van der Waals surface area contributed by atoms with E-state index in [1.165, 1.54) is 12.1 Å². The number of fused-ring (bicyclic) bond motifs is 1. The summed E-state index contributed by atoms with van der Waals surface area (Å²) in [7, 11) is 1.63. The lowest BCUT2D eigenvalue weighted by Crippen LogP contribution is -2.27. The minimum atomic E-state index is -0.458. The van der Waals surface area contributed by atoms with E-state index in [1.807, 2.05) is 24.4 Å². The lowest BCUT2D eigenvalue weighted by Gasteiger charge is -2.06. The monoisotopic (exact) mass is 353 g/mol. The van der Waals surface area contributed by atoms with Crippen LogP contribution in [0.1, 0.15) is 11.1 Å². The molecule has 26 heavy (non-hydrogen) atoms. The van der Waals surface area contributed by atoms with Gasteiger partial charge in [-0.25, -0.2) is 0 Å². The summed E-state index contributed by atoms with van der Waals surface area (Å²) in [4.78, 5) is 25.4. The first kappa shape index (κ1) is 17.5. The van der Waals surface area contributed by atoms with Crippen LogP contribution in [0.2, 0.25) is 0 Å². The number of nitro groups is 1. The summed E-state index contributed by atoms with van der Waals surface area (Å²) in [5.74, 6) is 0.678. The third kappa shape index (κ3) is 4.00. The molecule has 0 radical (unpaired) electrons. The van der Waals surface area contributed by atoms with Crippen molar-refractivity contribution >= 4 is 22.5 Å². The predicted molar refractivity (Wildman–Crippen MR) is 98.4 cm³/mol. The number of methoxy groups -OCH3 is 1. The Labute approximate surface area is 150 Å². The molecule has 7 nitrogen and oxygen atoms in total. The van der Waals surface area contributed by atoms with Crippen LogP contribution in [-0.4, -0.2) is 29.5 Å². The molecule has 0 bridgehead atoms. The van der Waals surface area contributed by atoms with Crippen molar-refractivity contribution in [1.82, 2.24) is 10.3 Å². The fourth-order valence-electron chi connectivity index (χ4n) is 2.81. The molecule has 1 amide bonds. The summed E-state index contributed by atoms with van der Waals surface area (Å²) in [6.45, 7) is 0.510. The van der Waals surface area contributed by atoms with Crippen LogP contribution in [0.3, 0.4) is 0 Å².